The van der Waals surface area contributed by atoms with Crippen LogP contribution in [0.25, 0.3) is 0 Å². The smallest absolute Gasteiger partial charge is 0.316 e. The molecule has 1 aliphatic heterocycles. The molecule has 1 aromatic carbocycles. The first-order valence-electron chi connectivity index (χ1n) is 5.89. The van der Waals surface area contributed by atoms with Crippen molar-refractivity contribution in [3.8, 4) is 0 Å². The number of rotatable bonds is 2. The number of nitrogens with one attached hydrogen (secondary N) is 1. The van der Waals surface area contributed by atoms with E-state index in [2.05, 4.69) is 5.32 Å². The number of benzene rings is 1. The number of hydrogen-bond donors (Lipinski definition) is 1. The van der Waals surface area contributed by atoms with E-state index >= 15 is 0 Å². The third-order valence-electron chi connectivity index (χ3n) is 3.58. The molecule has 1 fully saturated rings. The van der Waals surface area contributed by atoms with Gasteiger partial charge in [0, 0.05) is 12.5 Å². The molecule has 0 radical (unpaired) electrons. The van der Waals surface area contributed by atoms with Gasteiger partial charge in [-0.05, 0) is 37.6 Å². The molecule has 2 atom stereocenters. The Morgan fingerprint density at radius 2 is 1.83 bits per heavy atom. The van der Waals surface area contributed by atoms with Gasteiger partial charge in [-0.25, -0.2) is 4.39 Å². The van der Waals surface area contributed by atoms with Crippen molar-refractivity contribution >= 4 is 0 Å². The van der Waals surface area contributed by atoms with Gasteiger partial charge in [-0.15, -0.1) is 0 Å². The summed E-state index contributed by atoms with van der Waals surface area (Å²) in [7, 11) is 0. The van der Waals surface area contributed by atoms with Crippen LogP contribution in [0, 0.1) is 5.92 Å². The number of hydrogen-bond acceptors (Lipinski definition) is 1. The Labute approximate surface area is 103 Å². The summed E-state index contributed by atoms with van der Waals surface area (Å²) < 4.78 is 52.5. The Hall–Kier alpha value is -1.10. The quantitative estimate of drug-likeness (QED) is 0.803. The molecule has 1 N–H and O–H groups in total. The molecule has 0 bridgehead atoms. The van der Waals surface area contributed by atoms with Gasteiger partial charge in [0.2, 0.25) is 0 Å². The van der Waals surface area contributed by atoms with Gasteiger partial charge in [0.1, 0.15) is 5.67 Å². The molecular formula is C13H15F4N. The Bertz CT molecular complexity index is 419. The monoisotopic (exact) mass is 261 g/mol. The van der Waals surface area contributed by atoms with E-state index in [1.54, 1.807) is 0 Å². The van der Waals surface area contributed by atoms with Crippen LogP contribution in [0.2, 0.25) is 0 Å². The number of alkyl halides is 4. The van der Waals surface area contributed by atoms with Crippen molar-refractivity contribution in [2.45, 2.75) is 25.2 Å². The summed E-state index contributed by atoms with van der Waals surface area (Å²) in [5.74, 6) is -0.277. The van der Waals surface area contributed by atoms with Gasteiger partial charge in [-0.2, -0.15) is 13.2 Å². The van der Waals surface area contributed by atoms with Crippen LogP contribution in [0.3, 0.4) is 0 Å². The molecule has 0 amide bonds. The molecular weight excluding hydrogens is 246 g/mol. The van der Waals surface area contributed by atoms with Crippen molar-refractivity contribution in [2.24, 2.45) is 5.92 Å². The maximum Gasteiger partial charge on any atom is 0.416 e. The summed E-state index contributed by atoms with van der Waals surface area (Å²) in [6.45, 7) is 2.58. The minimum atomic E-state index is -4.43. The minimum Gasteiger partial charge on any atom is -0.316 e. The maximum absolute atomic E-state index is 14.7. The molecule has 1 nitrogen and oxygen atoms in total. The highest BCUT2D eigenvalue weighted by atomic mass is 19.4. The molecule has 5 heteroatoms. The van der Waals surface area contributed by atoms with Crippen LogP contribution in [0.4, 0.5) is 17.6 Å². The van der Waals surface area contributed by atoms with E-state index in [0.29, 0.717) is 19.5 Å². The van der Waals surface area contributed by atoms with E-state index < -0.39 is 17.4 Å². The summed E-state index contributed by atoms with van der Waals surface area (Å²) >= 11 is 0. The SMILES string of the molecule is CC(F)(c1cccc(C(F)(F)F)c1)C1CCNC1. The lowest BCUT2D eigenvalue weighted by atomic mass is 9.83. The molecule has 0 aliphatic carbocycles. The highest BCUT2D eigenvalue weighted by molar-refractivity contribution is 5.30. The van der Waals surface area contributed by atoms with E-state index in [1.807, 2.05) is 0 Å². The van der Waals surface area contributed by atoms with Gasteiger partial charge in [0.15, 0.2) is 0 Å². The highest BCUT2D eigenvalue weighted by Crippen LogP contribution is 2.39. The Kier molecular flexibility index (Phi) is 3.36. The molecule has 1 aromatic rings. The van der Waals surface area contributed by atoms with Gasteiger partial charge >= 0.3 is 6.18 Å². The summed E-state index contributed by atoms with van der Waals surface area (Å²) in [5.41, 5.74) is -2.43. The van der Waals surface area contributed by atoms with Crippen molar-refractivity contribution in [3.05, 3.63) is 35.4 Å². The van der Waals surface area contributed by atoms with Crippen LogP contribution in [0.15, 0.2) is 24.3 Å². The highest BCUT2D eigenvalue weighted by Gasteiger charge is 2.39. The van der Waals surface area contributed by atoms with Crippen LogP contribution in [0.5, 0.6) is 0 Å². The second kappa shape index (κ2) is 4.53. The maximum atomic E-state index is 14.7. The molecule has 0 spiro atoms. The fourth-order valence-corrected chi connectivity index (χ4v) is 2.35. The Balaban J connectivity index is 2.32. The summed E-state index contributed by atoms with van der Waals surface area (Å²) in [6, 6.07) is 4.57. The molecule has 2 rings (SSSR count). The van der Waals surface area contributed by atoms with E-state index in [0.717, 1.165) is 12.1 Å². The average Bonchev–Trinajstić information content (AvgIpc) is 2.82. The largest absolute Gasteiger partial charge is 0.416 e. The molecule has 0 saturated carbocycles. The van der Waals surface area contributed by atoms with E-state index in [1.165, 1.54) is 19.1 Å². The van der Waals surface area contributed by atoms with Crippen molar-refractivity contribution in [2.75, 3.05) is 13.1 Å². The van der Waals surface area contributed by atoms with Crippen molar-refractivity contribution in [1.82, 2.24) is 5.32 Å². The van der Waals surface area contributed by atoms with E-state index in [4.69, 9.17) is 0 Å². The molecule has 1 aliphatic rings. The average molecular weight is 261 g/mol. The Morgan fingerprint density at radius 3 is 2.39 bits per heavy atom. The van der Waals surface area contributed by atoms with Gasteiger partial charge in [-0.3, -0.25) is 0 Å². The van der Waals surface area contributed by atoms with E-state index in [-0.39, 0.29) is 11.5 Å². The standard InChI is InChI=1S/C13H15F4N/c1-12(14,11-5-6-18-8-11)9-3-2-4-10(7-9)13(15,16)17/h2-4,7,11,18H,5-6,8H2,1H3. The number of halogens is 4. The topological polar surface area (TPSA) is 12.0 Å². The predicted molar refractivity (Wildman–Crippen MR) is 60.9 cm³/mol. The lowest BCUT2D eigenvalue weighted by molar-refractivity contribution is -0.137. The summed E-state index contributed by atoms with van der Waals surface area (Å²) in [6.07, 6.45) is -3.79. The fourth-order valence-electron chi connectivity index (χ4n) is 2.35. The molecule has 2 unspecified atom stereocenters. The molecule has 100 valence electrons. The first-order valence-corrected chi connectivity index (χ1v) is 5.89. The summed E-state index contributed by atoms with van der Waals surface area (Å²) in [5, 5.41) is 3.03. The zero-order chi connectivity index (χ0) is 13.4. The van der Waals surface area contributed by atoms with Gasteiger partial charge in [-0.1, -0.05) is 12.1 Å². The third-order valence-corrected chi connectivity index (χ3v) is 3.58. The van der Waals surface area contributed by atoms with E-state index in [9.17, 15) is 17.6 Å². The van der Waals surface area contributed by atoms with Crippen LogP contribution in [-0.4, -0.2) is 13.1 Å². The third kappa shape index (κ3) is 2.51. The van der Waals surface area contributed by atoms with Crippen molar-refractivity contribution < 1.29 is 17.6 Å². The second-order valence-electron chi connectivity index (χ2n) is 4.84. The van der Waals surface area contributed by atoms with Gasteiger partial charge in [0.05, 0.1) is 5.56 Å². The van der Waals surface area contributed by atoms with Crippen LogP contribution in [-0.2, 0) is 11.8 Å². The van der Waals surface area contributed by atoms with Gasteiger partial charge < -0.3 is 5.32 Å². The zero-order valence-corrected chi connectivity index (χ0v) is 10.0. The van der Waals surface area contributed by atoms with Crippen LogP contribution < -0.4 is 5.32 Å². The predicted octanol–water partition coefficient (Wildman–Crippen LogP) is 3.50. The van der Waals surface area contributed by atoms with Crippen LogP contribution in [0.1, 0.15) is 24.5 Å². The van der Waals surface area contributed by atoms with Crippen LogP contribution >= 0.6 is 0 Å². The second-order valence-corrected chi connectivity index (χ2v) is 4.84. The lowest BCUT2D eigenvalue weighted by Gasteiger charge is -2.27. The summed E-state index contributed by atoms with van der Waals surface area (Å²) in [4.78, 5) is 0. The Morgan fingerprint density at radius 1 is 1.17 bits per heavy atom. The fraction of sp³-hybridized carbons (Fsp3) is 0.538. The van der Waals surface area contributed by atoms with Gasteiger partial charge in [0.25, 0.3) is 0 Å². The van der Waals surface area contributed by atoms with Crippen molar-refractivity contribution in [3.63, 3.8) is 0 Å². The normalized spacial score (nSPS) is 23.9. The first kappa shape index (κ1) is 13.3. The molecule has 18 heavy (non-hydrogen) atoms. The molecule has 1 saturated heterocycles. The minimum absolute atomic E-state index is 0.103. The van der Waals surface area contributed by atoms with Crippen molar-refractivity contribution in [1.29, 1.82) is 0 Å². The first-order chi connectivity index (χ1) is 8.32. The molecule has 1 heterocycles. The lowest BCUT2D eigenvalue weighted by Crippen LogP contribution is -2.29. The zero-order valence-electron chi connectivity index (χ0n) is 10.0. The molecule has 0 aromatic heterocycles.